The van der Waals surface area contributed by atoms with E-state index in [4.69, 9.17) is 19.4 Å². The van der Waals surface area contributed by atoms with Crippen LogP contribution in [0.3, 0.4) is 0 Å². The van der Waals surface area contributed by atoms with Gasteiger partial charge in [0.1, 0.15) is 11.2 Å². The summed E-state index contributed by atoms with van der Waals surface area (Å²) in [4.78, 5) is 15.1. The molecule has 4 heteroatoms. The van der Waals surface area contributed by atoms with Crippen molar-refractivity contribution in [3.8, 4) is 56.4 Å². The highest BCUT2D eigenvalue weighted by Gasteiger charge is 2.17. The predicted molar refractivity (Wildman–Crippen MR) is 190 cm³/mol. The first-order valence-electron chi connectivity index (χ1n) is 15.7. The van der Waals surface area contributed by atoms with Gasteiger partial charge in [-0.25, -0.2) is 15.0 Å². The third-order valence-corrected chi connectivity index (χ3v) is 7.78. The molecule has 222 valence electrons. The first kappa shape index (κ1) is 28.9. The van der Waals surface area contributed by atoms with Crippen LogP contribution in [0.1, 0.15) is 20.3 Å². The maximum absolute atomic E-state index is 6.18. The Morgan fingerprint density at radius 3 is 1.35 bits per heavy atom. The summed E-state index contributed by atoms with van der Waals surface area (Å²) in [7, 11) is 0. The molecule has 0 aliphatic carbocycles. The first-order valence-corrected chi connectivity index (χ1v) is 15.7. The maximum atomic E-state index is 6.18. The molecule has 0 unspecified atom stereocenters. The Kier molecular flexibility index (Phi) is 8.17. The Morgan fingerprint density at radius 1 is 0.391 bits per heavy atom. The summed E-state index contributed by atoms with van der Waals surface area (Å²) in [6.07, 6.45) is 1.25. The van der Waals surface area contributed by atoms with Crippen molar-refractivity contribution in [3.05, 3.63) is 152 Å². The van der Waals surface area contributed by atoms with Gasteiger partial charge in [-0.1, -0.05) is 160 Å². The topological polar surface area (TPSA) is 51.8 Å². The van der Waals surface area contributed by atoms with E-state index >= 15 is 0 Å². The second-order valence-electron chi connectivity index (χ2n) is 11.2. The zero-order valence-corrected chi connectivity index (χ0v) is 25.9. The lowest BCUT2D eigenvalue weighted by Crippen LogP contribution is -2.00. The third kappa shape index (κ3) is 5.81. The molecule has 0 spiro atoms. The molecule has 2 heterocycles. The molecule has 0 aliphatic heterocycles. The zero-order valence-electron chi connectivity index (χ0n) is 25.9. The Balaban J connectivity index is 0.00000109. The Labute approximate surface area is 269 Å². The highest BCUT2D eigenvalue weighted by molar-refractivity contribution is 6.11. The average molecular weight is 596 g/mol. The van der Waals surface area contributed by atoms with Crippen LogP contribution in [0.15, 0.2) is 156 Å². The van der Waals surface area contributed by atoms with Crippen LogP contribution in [0, 0.1) is 0 Å². The molecular formula is C42H33N3O. The maximum Gasteiger partial charge on any atom is 0.164 e. The van der Waals surface area contributed by atoms with E-state index in [0.29, 0.717) is 17.5 Å². The minimum atomic E-state index is 0.608. The highest BCUT2D eigenvalue weighted by Crippen LogP contribution is 2.36. The standard InChI is InChI=1S/C39H25N3O.C3H8/c1-3-10-26(11-4-1)28-18-22-30(23-19-28)37-40-38(31-24-20-29(21-25-31)27-12-5-2-6-13-27)42-39(41-37)33-15-9-17-35-36(33)32-14-7-8-16-34(32)43-35;1-3-2/h1-25H;3H2,1-2H3. The molecule has 46 heavy (non-hydrogen) atoms. The molecule has 0 bridgehead atoms. The van der Waals surface area contributed by atoms with Crippen molar-refractivity contribution in [2.75, 3.05) is 0 Å². The van der Waals surface area contributed by atoms with Gasteiger partial charge in [0, 0.05) is 27.5 Å². The van der Waals surface area contributed by atoms with Crippen molar-refractivity contribution in [1.82, 2.24) is 15.0 Å². The van der Waals surface area contributed by atoms with Crippen LogP contribution < -0.4 is 0 Å². The number of hydrogen-bond acceptors (Lipinski definition) is 4. The van der Waals surface area contributed by atoms with Crippen molar-refractivity contribution < 1.29 is 4.42 Å². The van der Waals surface area contributed by atoms with E-state index in [1.165, 1.54) is 17.5 Å². The third-order valence-electron chi connectivity index (χ3n) is 7.78. The molecule has 8 rings (SSSR count). The SMILES string of the molecule is CCC.c1ccc(-c2ccc(-c3nc(-c4ccc(-c5ccccc5)cc4)nc(-c4cccc5oc6ccccc6c45)n3)cc2)cc1. The average Bonchev–Trinajstić information content (AvgIpc) is 3.52. The van der Waals surface area contributed by atoms with E-state index in [1.54, 1.807) is 0 Å². The number of para-hydroxylation sites is 1. The van der Waals surface area contributed by atoms with Crippen molar-refractivity contribution in [3.63, 3.8) is 0 Å². The van der Waals surface area contributed by atoms with E-state index in [-0.39, 0.29) is 0 Å². The Bertz CT molecular complexity index is 2120. The normalized spacial score (nSPS) is 10.9. The van der Waals surface area contributed by atoms with Gasteiger partial charge in [-0.15, -0.1) is 0 Å². The lowest BCUT2D eigenvalue weighted by atomic mass is 10.0. The number of rotatable bonds is 5. The van der Waals surface area contributed by atoms with Gasteiger partial charge in [0.15, 0.2) is 17.5 Å². The summed E-state index contributed by atoms with van der Waals surface area (Å²) in [5.74, 6) is 1.85. The molecule has 0 saturated heterocycles. The van der Waals surface area contributed by atoms with Gasteiger partial charge in [0.25, 0.3) is 0 Å². The second-order valence-corrected chi connectivity index (χ2v) is 11.2. The van der Waals surface area contributed by atoms with Gasteiger partial charge < -0.3 is 4.42 Å². The molecule has 0 saturated carbocycles. The fraction of sp³-hybridized carbons (Fsp3) is 0.0714. The fourth-order valence-corrected chi connectivity index (χ4v) is 5.60. The van der Waals surface area contributed by atoms with Crippen LogP contribution in [-0.2, 0) is 0 Å². The number of benzene rings is 6. The quantitative estimate of drug-likeness (QED) is 0.199. The van der Waals surface area contributed by atoms with E-state index in [2.05, 4.69) is 123 Å². The molecule has 0 radical (unpaired) electrons. The minimum Gasteiger partial charge on any atom is -0.456 e. The zero-order chi connectivity index (χ0) is 31.3. The summed E-state index contributed by atoms with van der Waals surface area (Å²) in [6.45, 7) is 4.25. The van der Waals surface area contributed by atoms with Crippen molar-refractivity contribution in [1.29, 1.82) is 0 Å². The molecule has 2 aromatic heterocycles. The van der Waals surface area contributed by atoms with E-state index in [0.717, 1.165) is 49.8 Å². The van der Waals surface area contributed by atoms with Crippen molar-refractivity contribution in [2.24, 2.45) is 0 Å². The molecule has 0 atom stereocenters. The highest BCUT2D eigenvalue weighted by atomic mass is 16.3. The molecule has 0 N–H and O–H groups in total. The van der Waals surface area contributed by atoms with Crippen LogP contribution in [0.25, 0.3) is 78.4 Å². The minimum absolute atomic E-state index is 0.608. The van der Waals surface area contributed by atoms with Crippen LogP contribution in [0.5, 0.6) is 0 Å². The van der Waals surface area contributed by atoms with Gasteiger partial charge in [-0.05, 0) is 34.4 Å². The number of fused-ring (bicyclic) bond motifs is 3. The second kappa shape index (κ2) is 13.0. The summed E-state index contributed by atoms with van der Waals surface area (Å²) >= 11 is 0. The monoisotopic (exact) mass is 595 g/mol. The Hall–Kier alpha value is -5.87. The van der Waals surface area contributed by atoms with E-state index < -0.39 is 0 Å². The van der Waals surface area contributed by atoms with Gasteiger partial charge in [0.2, 0.25) is 0 Å². The van der Waals surface area contributed by atoms with Crippen LogP contribution >= 0.6 is 0 Å². The lowest BCUT2D eigenvalue weighted by molar-refractivity contribution is 0.669. The van der Waals surface area contributed by atoms with E-state index in [9.17, 15) is 0 Å². The predicted octanol–water partition coefficient (Wildman–Crippen LogP) is 11.5. The largest absolute Gasteiger partial charge is 0.456 e. The van der Waals surface area contributed by atoms with Gasteiger partial charge in [-0.2, -0.15) is 0 Å². The number of furan rings is 1. The van der Waals surface area contributed by atoms with Crippen LogP contribution in [-0.4, -0.2) is 15.0 Å². The summed E-state index contributed by atoms with van der Waals surface area (Å²) in [5, 5.41) is 2.04. The Morgan fingerprint density at radius 2 is 0.804 bits per heavy atom. The molecule has 6 aromatic carbocycles. The van der Waals surface area contributed by atoms with Crippen molar-refractivity contribution >= 4 is 21.9 Å². The number of nitrogens with zero attached hydrogens (tertiary/aromatic N) is 3. The fourth-order valence-electron chi connectivity index (χ4n) is 5.60. The van der Waals surface area contributed by atoms with Gasteiger partial charge in [-0.3, -0.25) is 0 Å². The molecule has 0 fully saturated rings. The van der Waals surface area contributed by atoms with E-state index in [1.807, 2.05) is 42.5 Å². The number of hydrogen-bond donors (Lipinski definition) is 0. The summed E-state index contributed by atoms with van der Waals surface area (Å²) in [5.41, 5.74) is 9.04. The molecule has 0 aliphatic rings. The first-order chi connectivity index (χ1) is 22.7. The summed E-state index contributed by atoms with van der Waals surface area (Å²) in [6, 6.07) is 51.7. The van der Waals surface area contributed by atoms with Gasteiger partial charge >= 0.3 is 0 Å². The summed E-state index contributed by atoms with van der Waals surface area (Å²) < 4.78 is 6.18. The van der Waals surface area contributed by atoms with Crippen molar-refractivity contribution in [2.45, 2.75) is 20.3 Å². The van der Waals surface area contributed by atoms with Gasteiger partial charge in [0.05, 0.1) is 0 Å². The molecular weight excluding hydrogens is 562 g/mol. The smallest absolute Gasteiger partial charge is 0.164 e. The molecule has 8 aromatic rings. The lowest BCUT2D eigenvalue weighted by Gasteiger charge is -2.10. The number of aromatic nitrogens is 3. The van der Waals surface area contributed by atoms with Crippen LogP contribution in [0.4, 0.5) is 0 Å². The van der Waals surface area contributed by atoms with Crippen LogP contribution in [0.2, 0.25) is 0 Å². The molecule has 4 nitrogen and oxygen atoms in total. The molecule has 0 amide bonds.